The largest absolute Gasteiger partial charge is 0.376 e. The van der Waals surface area contributed by atoms with E-state index in [1.165, 1.54) is 0 Å². The fourth-order valence-electron chi connectivity index (χ4n) is 1.32. The summed E-state index contributed by atoms with van der Waals surface area (Å²) in [5.41, 5.74) is 5.18. The van der Waals surface area contributed by atoms with Gasteiger partial charge in [0.25, 0.3) is 0 Å². The summed E-state index contributed by atoms with van der Waals surface area (Å²) in [6, 6.07) is 0. The van der Waals surface area contributed by atoms with Crippen molar-refractivity contribution in [2.24, 2.45) is 5.92 Å². The molecule has 0 spiro atoms. The first-order valence-electron chi connectivity index (χ1n) is 5.55. The lowest BCUT2D eigenvalue weighted by atomic mass is 10.2. The molecule has 1 fully saturated rings. The molecule has 1 saturated heterocycles. The van der Waals surface area contributed by atoms with Gasteiger partial charge in [-0.2, -0.15) is 0 Å². The van der Waals surface area contributed by atoms with E-state index in [4.69, 9.17) is 17.0 Å². The highest BCUT2D eigenvalue weighted by Gasteiger charge is 2.15. The standard InChI is InChI=1S/C10H19N3O2S/c1-7(2)9(14)12-13-10(16)11-6-8-4-3-5-15-8/h7-8H,3-6H2,1-2H3,(H,12,14)(H2,11,13,16). The number of nitrogens with one attached hydrogen (secondary N) is 3. The van der Waals surface area contributed by atoms with Gasteiger partial charge in [-0.15, -0.1) is 0 Å². The van der Waals surface area contributed by atoms with Crippen molar-refractivity contribution in [2.45, 2.75) is 32.8 Å². The first-order valence-corrected chi connectivity index (χ1v) is 5.95. The molecule has 3 N–H and O–H groups in total. The van der Waals surface area contributed by atoms with Crippen LogP contribution in [0.5, 0.6) is 0 Å². The third-order valence-corrected chi connectivity index (χ3v) is 2.58. The fraction of sp³-hybridized carbons (Fsp3) is 0.800. The lowest BCUT2D eigenvalue weighted by molar-refractivity contribution is -0.124. The maximum Gasteiger partial charge on any atom is 0.240 e. The second-order valence-electron chi connectivity index (χ2n) is 4.11. The Labute approximate surface area is 101 Å². The van der Waals surface area contributed by atoms with Gasteiger partial charge in [0.05, 0.1) is 6.10 Å². The monoisotopic (exact) mass is 245 g/mol. The van der Waals surface area contributed by atoms with Crippen molar-refractivity contribution in [3.63, 3.8) is 0 Å². The van der Waals surface area contributed by atoms with Gasteiger partial charge in [0.1, 0.15) is 0 Å². The van der Waals surface area contributed by atoms with Crippen LogP contribution in [0.4, 0.5) is 0 Å². The van der Waals surface area contributed by atoms with Gasteiger partial charge >= 0.3 is 0 Å². The molecule has 1 amide bonds. The van der Waals surface area contributed by atoms with Crippen LogP contribution in [0, 0.1) is 5.92 Å². The van der Waals surface area contributed by atoms with Crippen molar-refractivity contribution < 1.29 is 9.53 Å². The molecular weight excluding hydrogens is 226 g/mol. The van der Waals surface area contributed by atoms with Gasteiger partial charge in [0.2, 0.25) is 5.91 Å². The molecule has 1 atom stereocenters. The van der Waals surface area contributed by atoms with E-state index in [0.29, 0.717) is 11.7 Å². The lowest BCUT2D eigenvalue weighted by Gasteiger charge is -2.15. The van der Waals surface area contributed by atoms with E-state index in [0.717, 1.165) is 19.4 Å². The number of carbonyl (C=O) groups excluding carboxylic acids is 1. The number of hydrogen-bond acceptors (Lipinski definition) is 3. The Bertz CT molecular complexity index is 252. The Morgan fingerprint density at radius 3 is 2.81 bits per heavy atom. The van der Waals surface area contributed by atoms with Crippen molar-refractivity contribution in [2.75, 3.05) is 13.2 Å². The van der Waals surface area contributed by atoms with E-state index in [2.05, 4.69) is 16.2 Å². The summed E-state index contributed by atoms with van der Waals surface area (Å²) < 4.78 is 5.43. The van der Waals surface area contributed by atoms with Crippen molar-refractivity contribution in [1.29, 1.82) is 0 Å². The summed E-state index contributed by atoms with van der Waals surface area (Å²) in [6.45, 7) is 5.15. The van der Waals surface area contributed by atoms with Crippen LogP contribution in [0.25, 0.3) is 0 Å². The van der Waals surface area contributed by atoms with Crippen LogP contribution >= 0.6 is 12.2 Å². The number of carbonyl (C=O) groups is 1. The topological polar surface area (TPSA) is 62.4 Å². The molecule has 1 aliphatic heterocycles. The van der Waals surface area contributed by atoms with E-state index in [-0.39, 0.29) is 17.9 Å². The van der Waals surface area contributed by atoms with Crippen LogP contribution in [-0.2, 0) is 9.53 Å². The quantitative estimate of drug-likeness (QED) is 0.494. The SMILES string of the molecule is CC(C)C(=O)NNC(=S)NCC1CCCO1. The number of amides is 1. The molecule has 0 aliphatic carbocycles. The zero-order valence-corrected chi connectivity index (χ0v) is 10.5. The van der Waals surface area contributed by atoms with Gasteiger partial charge in [-0.25, -0.2) is 0 Å². The molecule has 0 aromatic carbocycles. The van der Waals surface area contributed by atoms with Crippen molar-refractivity contribution in [3.8, 4) is 0 Å². The molecular formula is C10H19N3O2S. The number of thiocarbonyl (C=S) groups is 1. The zero-order valence-electron chi connectivity index (χ0n) is 9.71. The van der Waals surface area contributed by atoms with Crippen LogP contribution in [0.1, 0.15) is 26.7 Å². The Morgan fingerprint density at radius 2 is 2.25 bits per heavy atom. The Kier molecular flexibility index (Phi) is 5.48. The molecule has 6 heteroatoms. The van der Waals surface area contributed by atoms with Gasteiger partial charge < -0.3 is 10.1 Å². The number of ether oxygens (including phenoxy) is 1. The Morgan fingerprint density at radius 1 is 1.50 bits per heavy atom. The second-order valence-corrected chi connectivity index (χ2v) is 4.52. The zero-order chi connectivity index (χ0) is 12.0. The van der Waals surface area contributed by atoms with E-state index >= 15 is 0 Å². The highest BCUT2D eigenvalue weighted by Crippen LogP contribution is 2.10. The molecule has 16 heavy (non-hydrogen) atoms. The molecule has 92 valence electrons. The summed E-state index contributed by atoms with van der Waals surface area (Å²) in [5, 5.41) is 3.42. The highest BCUT2D eigenvalue weighted by atomic mass is 32.1. The Balaban J connectivity index is 2.08. The fourth-order valence-corrected chi connectivity index (χ4v) is 1.45. The summed E-state index contributed by atoms with van der Waals surface area (Å²) >= 11 is 5.00. The average molecular weight is 245 g/mol. The van der Waals surface area contributed by atoms with Gasteiger partial charge in [-0.05, 0) is 25.1 Å². The summed E-state index contributed by atoms with van der Waals surface area (Å²) in [7, 11) is 0. The molecule has 0 bridgehead atoms. The maximum absolute atomic E-state index is 11.2. The van der Waals surface area contributed by atoms with Crippen LogP contribution in [-0.4, -0.2) is 30.3 Å². The predicted molar refractivity (Wildman–Crippen MR) is 65.7 cm³/mol. The van der Waals surface area contributed by atoms with E-state index < -0.39 is 0 Å². The molecule has 1 unspecified atom stereocenters. The molecule has 5 nitrogen and oxygen atoms in total. The van der Waals surface area contributed by atoms with Gasteiger partial charge in [0.15, 0.2) is 5.11 Å². The molecule has 1 aliphatic rings. The molecule has 0 radical (unpaired) electrons. The van der Waals surface area contributed by atoms with Crippen molar-refractivity contribution in [1.82, 2.24) is 16.2 Å². The van der Waals surface area contributed by atoms with Crippen LogP contribution < -0.4 is 16.2 Å². The van der Waals surface area contributed by atoms with Crippen LogP contribution in [0.15, 0.2) is 0 Å². The van der Waals surface area contributed by atoms with Gasteiger partial charge in [0, 0.05) is 19.1 Å². The van der Waals surface area contributed by atoms with Crippen molar-refractivity contribution >= 4 is 23.2 Å². The van der Waals surface area contributed by atoms with Gasteiger partial charge in [-0.3, -0.25) is 15.6 Å². The highest BCUT2D eigenvalue weighted by molar-refractivity contribution is 7.80. The third kappa shape index (κ3) is 4.76. The van der Waals surface area contributed by atoms with E-state index in [9.17, 15) is 4.79 Å². The average Bonchev–Trinajstić information content (AvgIpc) is 2.75. The number of hydrazine groups is 1. The first-order chi connectivity index (χ1) is 7.59. The molecule has 1 rings (SSSR count). The third-order valence-electron chi connectivity index (χ3n) is 2.34. The lowest BCUT2D eigenvalue weighted by Crippen LogP contribution is -2.49. The minimum atomic E-state index is -0.0822. The van der Waals surface area contributed by atoms with E-state index in [1.54, 1.807) is 0 Å². The normalized spacial score (nSPS) is 19.6. The first kappa shape index (κ1) is 13.2. The molecule has 0 saturated carbocycles. The smallest absolute Gasteiger partial charge is 0.240 e. The number of rotatable bonds is 3. The molecule has 0 aromatic heterocycles. The van der Waals surface area contributed by atoms with Crippen LogP contribution in [0.3, 0.4) is 0 Å². The second kappa shape index (κ2) is 6.65. The predicted octanol–water partition coefficient (Wildman–Crippen LogP) is 0.317. The summed E-state index contributed by atoms with van der Waals surface area (Å²) in [5.74, 6) is -0.144. The minimum Gasteiger partial charge on any atom is -0.376 e. The minimum absolute atomic E-state index is 0.0616. The summed E-state index contributed by atoms with van der Waals surface area (Å²) in [4.78, 5) is 11.2. The van der Waals surface area contributed by atoms with Gasteiger partial charge in [-0.1, -0.05) is 13.8 Å². The Hall–Kier alpha value is -0.880. The van der Waals surface area contributed by atoms with E-state index in [1.807, 2.05) is 13.8 Å². The molecule has 1 heterocycles. The molecule has 0 aromatic rings. The summed E-state index contributed by atoms with van der Waals surface area (Å²) in [6.07, 6.45) is 2.41. The van der Waals surface area contributed by atoms with Crippen LogP contribution in [0.2, 0.25) is 0 Å². The van der Waals surface area contributed by atoms with Crippen molar-refractivity contribution in [3.05, 3.63) is 0 Å². The number of hydrogen-bond donors (Lipinski definition) is 3. The maximum atomic E-state index is 11.2.